The van der Waals surface area contributed by atoms with E-state index in [4.69, 9.17) is 9.47 Å². The minimum atomic E-state index is -0.311. The van der Waals surface area contributed by atoms with E-state index in [9.17, 15) is 4.79 Å². The Labute approximate surface area is 118 Å². The van der Waals surface area contributed by atoms with Crippen LogP contribution in [0.3, 0.4) is 0 Å². The summed E-state index contributed by atoms with van der Waals surface area (Å²) >= 11 is 0. The number of fused-ring (bicyclic) bond motifs is 1. The molecule has 0 amide bonds. The molecule has 3 heteroatoms. The molecule has 0 saturated carbocycles. The van der Waals surface area contributed by atoms with Gasteiger partial charge in [0, 0.05) is 0 Å². The first-order valence-electron chi connectivity index (χ1n) is 6.62. The number of cyclic esters (lactones) is 1. The maximum Gasteiger partial charge on any atom is 0.344 e. The van der Waals surface area contributed by atoms with Gasteiger partial charge in [-0.15, -0.1) is 0 Å². The molecular weight excluding hydrogens is 252 g/mol. The lowest BCUT2D eigenvalue weighted by atomic mass is 9.97. The molecule has 1 aliphatic heterocycles. The predicted octanol–water partition coefficient (Wildman–Crippen LogP) is 3.40. The molecular formula is C17H16O3. The number of hydrogen-bond donors (Lipinski definition) is 0. The second-order valence-corrected chi connectivity index (χ2v) is 5.13. The normalized spacial score (nSPS) is 13.4. The van der Waals surface area contributed by atoms with E-state index in [0.717, 1.165) is 12.0 Å². The maximum atomic E-state index is 11.7. The number of rotatable bonds is 2. The second kappa shape index (κ2) is 5.00. The van der Waals surface area contributed by atoms with Crippen LogP contribution in [-0.2, 0) is 11.2 Å². The predicted molar refractivity (Wildman–Crippen MR) is 76.1 cm³/mol. The fourth-order valence-electron chi connectivity index (χ4n) is 2.41. The van der Waals surface area contributed by atoms with Crippen LogP contribution in [0.25, 0.3) is 0 Å². The summed E-state index contributed by atoms with van der Waals surface area (Å²) in [6, 6.07) is 12.1. The monoisotopic (exact) mass is 268 g/mol. The van der Waals surface area contributed by atoms with Crippen LogP contribution in [0.15, 0.2) is 36.4 Å². The van der Waals surface area contributed by atoms with Gasteiger partial charge in [-0.1, -0.05) is 29.8 Å². The molecule has 1 aliphatic rings. The quantitative estimate of drug-likeness (QED) is 0.783. The maximum absolute atomic E-state index is 11.7. The molecule has 3 rings (SSSR count). The highest BCUT2D eigenvalue weighted by molar-refractivity contribution is 5.93. The van der Waals surface area contributed by atoms with Crippen molar-refractivity contribution in [1.29, 1.82) is 0 Å². The lowest BCUT2D eigenvalue weighted by Crippen LogP contribution is -2.18. The van der Waals surface area contributed by atoms with Crippen LogP contribution in [0, 0.1) is 13.8 Å². The van der Waals surface area contributed by atoms with E-state index < -0.39 is 0 Å². The summed E-state index contributed by atoms with van der Waals surface area (Å²) in [4.78, 5) is 11.7. The standard InChI is InChI=1S/C17H16O3/c1-11-3-4-12(2)14(7-11)8-13-5-6-16-15(9-13)17(18)20-10-19-16/h3-7,9H,8,10H2,1-2H3. The molecule has 0 radical (unpaired) electrons. The van der Waals surface area contributed by atoms with E-state index in [0.29, 0.717) is 11.3 Å². The van der Waals surface area contributed by atoms with E-state index in [1.54, 1.807) is 0 Å². The van der Waals surface area contributed by atoms with Gasteiger partial charge in [-0.25, -0.2) is 4.79 Å². The second-order valence-electron chi connectivity index (χ2n) is 5.13. The SMILES string of the molecule is Cc1ccc(C)c(Cc2ccc3c(c2)C(=O)OCO3)c1. The first-order chi connectivity index (χ1) is 9.63. The van der Waals surface area contributed by atoms with Crippen molar-refractivity contribution in [3.63, 3.8) is 0 Å². The van der Waals surface area contributed by atoms with E-state index in [2.05, 4.69) is 32.0 Å². The Balaban J connectivity index is 1.93. The van der Waals surface area contributed by atoms with Crippen molar-refractivity contribution in [2.75, 3.05) is 6.79 Å². The van der Waals surface area contributed by atoms with Crippen LogP contribution in [0.1, 0.15) is 32.6 Å². The van der Waals surface area contributed by atoms with Gasteiger partial charge < -0.3 is 9.47 Å². The Kier molecular flexibility index (Phi) is 3.18. The highest BCUT2D eigenvalue weighted by Crippen LogP contribution is 2.26. The molecule has 1 heterocycles. The summed E-state index contributed by atoms with van der Waals surface area (Å²) in [5.74, 6) is 0.292. The Bertz CT molecular complexity index is 674. The van der Waals surface area contributed by atoms with Crippen molar-refractivity contribution >= 4 is 5.97 Å². The number of esters is 1. The number of carbonyl (C=O) groups is 1. The van der Waals surface area contributed by atoms with Crippen LogP contribution in [0.4, 0.5) is 0 Å². The number of carbonyl (C=O) groups excluding carboxylic acids is 1. The molecule has 0 fully saturated rings. The Morgan fingerprint density at radius 3 is 2.75 bits per heavy atom. The fourth-order valence-corrected chi connectivity index (χ4v) is 2.41. The van der Waals surface area contributed by atoms with Crippen molar-refractivity contribution in [3.8, 4) is 5.75 Å². The summed E-state index contributed by atoms with van der Waals surface area (Å²) in [5, 5.41) is 0. The molecule has 2 aromatic carbocycles. The molecule has 0 aliphatic carbocycles. The minimum absolute atomic E-state index is 0.00215. The minimum Gasteiger partial charge on any atom is -0.456 e. The van der Waals surface area contributed by atoms with Gasteiger partial charge in [0.05, 0.1) is 0 Å². The smallest absolute Gasteiger partial charge is 0.344 e. The summed E-state index contributed by atoms with van der Waals surface area (Å²) in [7, 11) is 0. The summed E-state index contributed by atoms with van der Waals surface area (Å²) < 4.78 is 10.2. The molecule has 0 bridgehead atoms. The number of aryl methyl sites for hydroxylation is 2. The molecule has 2 aromatic rings. The summed E-state index contributed by atoms with van der Waals surface area (Å²) in [5.41, 5.74) is 5.37. The molecule has 0 N–H and O–H groups in total. The van der Waals surface area contributed by atoms with Crippen LogP contribution in [0.5, 0.6) is 5.75 Å². The highest BCUT2D eigenvalue weighted by atomic mass is 16.7. The Morgan fingerprint density at radius 1 is 1.05 bits per heavy atom. The van der Waals surface area contributed by atoms with Gasteiger partial charge in [0.15, 0.2) is 0 Å². The highest BCUT2D eigenvalue weighted by Gasteiger charge is 2.20. The van der Waals surface area contributed by atoms with Crippen LogP contribution >= 0.6 is 0 Å². The molecule has 0 unspecified atom stereocenters. The van der Waals surface area contributed by atoms with Crippen molar-refractivity contribution in [2.24, 2.45) is 0 Å². The van der Waals surface area contributed by atoms with Crippen molar-refractivity contribution in [2.45, 2.75) is 20.3 Å². The largest absolute Gasteiger partial charge is 0.456 e. The fraction of sp³-hybridized carbons (Fsp3) is 0.235. The molecule has 102 valence electrons. The van der Waals surface area contributed by atoms with E-state index in [1.165, 1.54) is 16.7 Å². The molecule has 0 atom stereocenters. The van der Waals surface area contributed by atoms with Gasteiger partial charge in [0.25, 0.3) is 0 Å². The van der Waals surface area contributed by atoms with Crippen molar-refractivity contribution in [3.05, 3.63) is 64.2 Å². The molecule has 0 spiro atoms. The van der Waals surface area contributed by atoms with E-state index >= 15 is 0 Å². The van der Waals surface area contributed by atoms with Crippen LogP contribution in [0.2, 0.25) is 0 Å². The summed E-state index contributed by atoms with van der Waals surface area (Å²) in [6.45, 7) is 4.19. The van der Waals surface area contributed by atoms with Gasteiger partial charge in [-0.2, -0.15) is 0 Å². The zero-order chi connectivity index (χ0) is 14.1. The van der Waals surface area contributed by atoms with Crippen molar-refractivity contribution < 1.29 is 14.3 Å². The molecule has 20 heavy (non-hydrogen) atoms. The Hall–Kier alpha value is -2.29. The van der Waals surface area contributed by atoms with Gasteiger partial charge in [0.2, 0.25) is 6.79 Å². The van der Waals surface area contributed by atoms with Gasteiger partial charge in [-0.05, 0) is 49.1 Å². The van der Waals surface area contributed by atoms with E-state index in [1.807, 2.05) is 18.2 Å². The molecule has 0 saturated heterocycles. The van der Waals surface area contributed by atoms with Gasteiger partial charge >= 0.3 is 5.97 Å². The molecule has 3 nitrogen and oxygen atoms in total. The zero-order valence-electron chi connectivity index (χ0n) is 11.6. The van der Waals surface area contributed by atoms with Gasteiger partial charge in [0.1, 0.15) is 11.3 Å². The third-order valence-corrected chi connectivity index (χ3v) is 3.57. The van der Waals surface area contributed by atoms with Crippen LogP contribution < -0.4 is 4.74 Å². The topological polar surface area (TPSA) is 35.5 Å². The van der Waals surface area contributed by atoms with E-state index in [-0.39, 0.29) is 12.8 Å². The average molecular weight is 268 g/mol. The van der Waals surface area contributed by atoms with Crippen molar-refractivity contribution in [1.82, 2.24) is 0 Å². The lowest BCUT2D eigenvalue weighted by molar-refractivity contribution is 0.00489. The third-order valence-electron chi connectivity index (χ3n) is 3.57. The van der Waals surface area contributed by atoms with Gasteiger partial charge in [-0.3, -0.25) is 0 Å². The Morgan fingerprint density at radius 2 is 1.90 bits per heavy atom. The number of benzene rings is 2. The number of hydrogen-bond acceptors (Lipinski definition) is 3. The third kappa shape index (κ3) is 2.39. The first-order valence-corrected chi connectivity index (χ1v) is 6.62. The number of ether oxygens (including phenoxy) is 2. The van der Waals surface area contributed by atoms with Crippen LogP contribution in [-0.4, -0.2) is 12.8 Å². The first kappa shape index (κ1) is 12.7. The zero-order valence-corrected chi connectivity index (χ0v) is 11.6. The molecule has 0 aromatic heterocycles. The average Bonchev–Trinajstić information content (AvgIpc) is 2.44. The lowest BCUT2D eigenvalue weighted by Gasteiger charge is -2.17. The summed E-state index contributed by atoms with van der Waals surface area (Å²) in [6.07, 6.45) is 0.800.